The number of ether oxygens (including phenoxy) is 1. The van der Waals surface area contributed by atoms with Gasteiger partial charge in [-0.05, 0) is 62.1 Å². The van der Waals surface area contributed by atoms with Gasteiger partial charge in [-0.2, -0.15) is 0 Å². The minimum absolute atomic E-state index is 0.0245. The molecule has 2 aromatic carbocycles. The first-order chi connectivity index (χ1) is 13.8. The Morgan fingerprint density at radius 1 is 1.17 bits per heavy atom. The number of para-hydroxylation sites is 2. The summed E-state index contributed by atoms with van der Waals surface area (Å²) >= 11 is 0. The van der Waals surface area contributed by atoms with Crippen LogP contribution < -0.4 is 10.1 Å². The maximum atomic E-state index is 13.3. The van der Waals surface area contributed by atoms with Crippen molar-refractivity contribution in [3.05, 3.63) is 71.9 Å². The number of aryl methyl sites for hydroxylation is 1. The molecule has 1 heterocycles. The maximum Gasteiger partial charge on any atom is 0.272 e. The maximum absolute atomic E-state index is 13.3. The molecule has 1 amide bonds. The third kappa shape index (κ3) is 4.21. The van der Waals surface area contributed by atoms with E-state index >= 15 is 0 Å². The summed E-state index contributed by atoms with van der Waals surface area (Å²) in [7, 11) is 0. The fourth-order valence-electron chi connectivity index (χ4n) is 3.62. The number of benzene rings is 2. The van der Waals surface area contributed by atoms with Crippen molar-refractivity contribution in [2.45, 2.75) is 53.2 Å². The number of nitrogens with one attached hydrogen (secondary N) is 1. The molecule has 4 nitrogen and oxygen atoms in total. The number of anilines is 1. The Morgan fingerprint density at radius 2 is 1.90 bits per heavy atom. The fourth-order valence-corrected chi connectivity index (χ4v) is 3.62. The van der Waals surface area contributed by atoms with Gasteiger partial charge in [0.15, 0.2) is 0 Å². The summed E-state index contributed by atoms with van der Waals surface area (Å²) < 4.78 is 7.88. The van der Waals surface area contributed by atoms with Crippen molar-refractivity contribution < 1.29 is 9.53 Å². The first kappa shape index (κ1) is 20.7. The Morgan fingerprint density at radius 3 is 2.55 bits per heavy atom. The van der Waals surface area contributed by atoms with Gasteiger partial charge in [-0.3, -0.25) is 4.79 Å². The zero-order chi connectivity index (χ0) is 21.1. The van der Waals surface area contributed by atoms with Gasteiger partial charge in [-0.25, -0.2) is 0 Å². The smallest absolute Gasteiger partial charge is 0.272 e. The number of carbonyl (C=O) groups excluding carboxylic acids is 1. The summed E-state index contributed by atoms with van der Waals surface area (Å²) in [6, 6.07) is 14.0. The Bertz CT molecular complexity index is 1040. The second-order valence-corrected chi connectivity index (χ2v) is 7.92. The first-order valence-electron chi connectivity index (χ1n) is 10.1. The van der Waals surface area contributed by atoms with Crippen molar-refractivity contribution in [3.63, 3.8) is 0 Å². The van der Waals surface area contributed by atoms with E-state index in [4.69, 9.17) is 4.74 Å². The highest BCUT2D eigenvalue weighted by Crippen LogP contribution is 2.31. The van der Waals surface area contributed by atoms with Gasteiger partial charge >= 0.3 is 0 Å². The number of amides is 1. The fraction of sp³-hybridized carbons (Fsp3) is 0.320. The molecule has 1 aromatic heterocycles. The predicted molar refractivity (Wildman–Crippen MR) is 121 cm³/mol. The van der Waals surface area contributed by atoms with Crippen molar-refractivity contribution in [1.82, 2.24) is 4.57 Å². The van der Waals surface area contributed by atoms with Crippen LogP contribution in [0.15, 0.2) is 55.1 Å². The topological polar surface area (TPSA) is 43.3 Å². The van der Waals surface area contributed by atoms with E-state index in [1.807, 2.05) is 55.7 Å². The summed E-state index contributed by atoms with van der Waals surface area (Å²) in [5.74, 6) is 0.951. The van der Waals surface area contributed by atoms with E-state index in [2.05, 4.69) is 43.9 Å². The highest BCUT2D eigenvalue weighted by atomic mass is 16.5. The van der Waals surface area contributed by atoms with Crippen LogP contribution in [0, 0.1) is 6.92 Å². The highest BCUT2D eigenvalue weighted by Gasteiger charge is 2.21. The summed E-state index contributed by atoms with van der Waals surface area (Å²) in [4.78, 5) is 13.3. The lowest BCUT2D eigenvalue weighted by Gasteiger charge is -2.15. The number of carbonyl (C=O) groups is 1. The first-order valence-corrected chi connectivity index (χ1v) is 10.1. The quantitative estimate of drug-likeness (QED) is 0.481. The van der Waals surface area contributed by atoms with E-state index in [-0.39, 0.29) is 12.0 Å². The van der Waals surface area contributed by atoms with E-state index in [0.29, 0.717) is 29.6 Å². The van der Waals surface area contributed by atoms with Crippen molar-refractivity contribution in [3.8, 4) is 5.75 Å². The molecule has 0 saturated heterocycles. The molecule has 0 aliphatic heterocycles. The van der Waals surface area contributed by atoms with Crippen molar-refractivity contribution >= 4 is 22.5 Å². The largest absolute Gasteiger partial charge is 0.489 e. The van der Waals surface area contributed by atoms with E-state index < -0.39 is 0 Å². The van der Waals surface area contributed by atoms with Gasteiger partial charge in [0.1, 0.15) is 11.4 Å². The lowest BCUT2D eigenvalue weighted by Crippen LogP contribution is -2.19. The van der Waals surface area contributed by atoms with Gasteiger partial charge in [0, 0.05) is 17.4 Å². The van der Waals surface area contributed by atoms with Crippen LogP contribution >= 0.6 is 0 Å². The van der Waals surface area contributed by atoms with Crippen LogP contribution in [-0.4, -0.2) is 16.6 Å². The monoisotopic (exact) mass is 390 g/mol. The molecule has 4 heteroatoms. The van der Waals surface area contributed by atoms with E-state index in [1.54, 1.807) is 0 Å². The summed E-state index contributed by atoms with van der Waals surface area (Å²) in [6.07, 6.45) is 1.85. The molecular formula is C25H30N2O2. The zero-order valence-corrected chi connectivity index (χ0v) is 18.0. The number of rotatable bonds is 7. The molecule has 0 fully saturated rings. The third-order valence-electron chi connectivity index (χ3n) is 5.03. The van der Waals surface area contributed by atoms with Gasteiger partial charge < -0.3 is 14.6 Å². The van der Waals surface area contributed by atoms with Crippen LogP contribution in [0.5, 0.6) is 5.75 Å². The van der Waals surface area contributed by atoms with E-state index in [0.717, 1.165) is 16.5 Å². The molecule has 1 N–H and O–H groups in total. The lowest BCUT2D eigenvalue weighted by molar-refractivity contribution is 0.101. The van der Waals surface area contributed by atoms with Gasteiger partial charge in [0.05, 0.1) is 11.8 Å². The van der Waals surface area contributed by atoms with Crippen LogP contribution in [0.2, 0.25) is 0 Å². The van der Waals surface area contributed by atoms with Gasteiger partial charge in [-0.15, -0.1) is 6.58 Å². The average Bonchev–Trinajstić information content (AvgIpc) is 2.95. The lowest BCUT2D eigenvalue weighted by atomic mass is 10.0. The second kappa shape index (κ2) is 8.56. The number of aromatic nitrogens is 1. The Hall–Kier alpha value is -3.01. The second-order valence-electron chi connectivity index (χ2n) is 7.92. The molecule has 0 atom stereocenters. The van der Waals surface area contributed by atoms with E-state index in [1.165, 1.54) is 5.56 Å². The molecule has 0 saturated carbocycles. The Balaban J connectivity index is 2.07. The number of nitrogens with zero attached hydrogens (tertiary/aromatic N) is 1. The summed E-state index contributed by atoms with van der Waals surface area (Å²) in [6.45, 7) is 14.7. The highest BCUT2D eigenvalue weighted by molar-refractivity contribution is 6.09. The Kier molecular flexibility index (Phi) is 6.12. The zero-order valence-electron chi connectivity index (χ0n) is 18.0. The van der Waals surface area contributed by atoms with Crippen molar-refractivity contribution in [2.75, 3.05) is 5.32 Å². The molecule has 0 spiro atoms. The predicted octanol–water partition coefficient (Wildman–Crippen LogP) is 6.30. The SMILES string of the molecule is C=CCn1c(C(=O)Nc2ccccc2OC(C)C)c(C)c2cc(C(C)C)ccc21. The number of allylic oxidation sites excluding steroid dienone is 1. The number of hydrogen-bond donors (Lipinski definition) is 1. The molecule has 152 valence electrons. The van der Waals surface area contributed by atoms with E-state index in [9.17, 15) is 4.79 Å². The summed E-state index contributed by atoms with van der Waals surface area (Å²) in [5.41, 5.74) is 4.61. The standard InChI is InChI=1S/C25H30N2O2/c1-7-14-27-22-13-12-19(16(2)3)15-20(22)18(6)24(27)25(28)26-21-10-8-9-11-23(21)29-17(4)5/h7-13,15-17H,1,14H2,2-6H3,(H,26,28). The van der Waals surface area contributed by atoms with Crippen LogP contribution in [0.1, 0.15) is 55.2 Å². The third-order valence-corrected chi connectivity index (χ3v) is 5.03. The van der Waals surface area contributed by atoms with Gasteiger partial charge in [-0.1, -0.05) is 38.1 Å². The number of fused-ring (bicyclic) bond motifs is 1. The van der Waals surface area contributed by atoms with Crippen molar-refractivity contribution in [2.24, 2.45) is 0 Å². The molecule has 29 heavy (non-hydrogen) atoms. The molecule has 0 unspecified atom stereocenters. The minimum atomic E-state index is -0.147. The van der Waals surface area contributed by atoms with Crippen LogP contribution in [0.25, 0.3) is 10.9 Å². The average molecular weight is 391 g/mol. The minimum Gasteiger partial charge on any atom is -0.489 e. The molecule has 0 bridgehead atoms. The number of hydrogen-bond acceptors (Lipinski definition) is 2. The van der Waals surface area contributed by atoms with Gasteiger partial charge in [0.2, 0.25) is 0 Å². The molecule has 0 radical (unpaired) electrons. The molecule has 3 aromatic rings. The van der Waals surface area contributed by atoms with Crippen LogP contribution in [-0.2, 0) is 6.54 Å². The molecule has 0 aliphatic carbocycles. The normalized spacial score (nSPS) is 11.3. The summed E-state index contributed by atoms with van der Waals surface area (Å²) in [5, 5.41) is 4.16. The van der Waals surface area contributed by atoms with Crippen LogP contribution in [0.3, 0.4) is 0 Å². The van der Waals surface area contributed by atoms with Gasteiger partial charge in [0.25, 0.3) is 5.91 Å². The molecular weight excluding hydrogens is 360 g/mol. The van der Waals surface area contributed by atoms with Crippen molar-refractivity contribution in [1.29, 1.82) is 0 Å². The Labute approximate surface area is 173 Å². The van der Waals surface area contributed by atoms with Crippen LogP contribution in [0.4, 0.5) is 5.69 Å². The molecule has 3 rings (SSSR count). The molecule has 0 aliphatic rings.